The monoisotopic (exact) mass is 387 g/mol. The van der Waals surface area contributed by atoms with E-state index in [9.17, 15) is 23.1 Å². The number of hydrogen-bond donors (Lipinski definition) is 3. The highest BCUT2D eigenvalue weighted by Crippen LogP contribution is 2.37. The van der Waals surface area contributed by atoms with Crippen LogP contribution in [0.4, 0.5) is 13.2 Å². The van der Waals surface area contributed by atoms with E-state index in [1.807, 2.05) is 20.8 Å². The molecule has 1 aromatic rings. The van der Waals surface area contributed by atoms with E-state index in [4.69, 9.17) is 4.74 Å². The zero-order valence-corrected chi connectivity index (χ0v) is 15.5. The Morgan fingerprint density at radius 3 is 2.56 bits per heavy atom. The Balaban J connectivity index is 2.13. The average Bonchev–Trinajstić information content (AvgIpc) is 2.57. The summed E-state index contributed by atoms with van der Waals surface area (Å²) in [6.07, 6.45) is -5.15. The molecule has 9 heteroatoms. The minimum Gasteiger partial charge on any atom is -0.490 e. The number of hydrazone groups is 1. The lowest BCUT2D eigenvalue weighted by molar-refractivity contribution is -0.139. The molecular weight excluding hydrogens is 363 g/mol. The number of nitrogens with one attached hydrogen (secondary N) is 2. The molecule has 0 fully saturated rings. The van der Waals surface area contributed by atoms with E-state index in [0.717, 1.165) is 6.07 Å². The van der Waals surface area contributed by atoms with Crippen molar-refractivity contribution in [1.82, 2.24) is 10.7 Å². The molecule has 0 saturated heterocycles. The SMILES string of the molecule is CC(C)(C)NCC(O)COc1ccc(C2=NNC(=O)CC2)cc1C(F)(F)F. The van der Waals surface area contributed by atoms with E-state index in [2.05, 4.69) is 15.8 Å². The zero-order chi connectivity index (χ0) is 20.2. The highest BCUT2D eigenvalue weighted by molar-refractivity contribution is 6.04. The Labute approximate surface area is 155 Å². The number of carbonyl (C=O) groups is 1. The maximum atomic E-state index is 13.4. The molecule has 1 amide bonds. The molecule has 0 saturated carbocycles. The van der Waals surface area contributed by atoms with Gasteiger partial charge in [-0.05, 0) is 44.5 Å². The highest BCUT2D eigenvalue weighted by Gasteiger charge is 2.35. The molecule has 0 aromatic heterocycles. The van der Waals surface area contributed by atoms with Gasteiger partial charge in [0.05, 0.1) is 11.3 Å². The first-order valence-corrected chi connectivity index (χ1v) is 8.58. The predicted octanol–water partition coefficient (Wildman–Crippen LogP) is 2.45. The van der Waals surface area contributed by atoms with Gasteiger partial charge in [0.15, 0.2) is 0 Å². The van der Waals surface area contributed by atoms with Crippen LogP contribution in [0.3, 0.4) is 0 Å². The van der Waals surface area contributed by atoms with Gasteiger partial charge in [-0.25, -0.2) is 5.43 Å². The van der Waals surface area contributed by atoms with Gasteiger partial charge < -0.3 is 15.2 Å². The van der Waals surface area contributed by atoms with E-state index in [-0.39, 0.29) is 48.8 Å². The van der Waals surface area contributed by atoms with E-state index >= 15 is 0 Å². The molecule has 27 heavy (non-hydrogen) atoms. The van der Waals surface area contributed by atoms with Gasteiger partial charge in [0.1, 0.15) is 18.5 Å². The number of hydrogen-bond acceptors (Lipinski definition) is 5. The van der Waals surface area contributed by atoms with Gasteiger partial charge in [0.2, 0.25) is 5.91 Å². The van der Waals surface area contributed by atoms with Crippen LogP contribution < -0.4 is 15.5 Å². The summed E-state index contributed by atoms with van der Waals surface area (Å²) in [4.78, 5) is 11.1. The van der Waals surface area contributed by atoms with Crippen LogP contribution >= 0.6 is 0 Å². The van der Waals surface area contributed by atoms with Crippen molar-refractivity contribution in [3.8, 4) is 5.75 Å². The first kappa shape index (κ1) is 21.2. The van der Waals surface area contributed by atoms with Crippen LogP contribution in [-0.4, -0.2) is 41.5 Å². The first-order chi connectivity index (χ1) is 12.5. The summed E-state index contributed by atoms with van der Waals surface area (Å²) in [6, 6.07) is 3.62. The van der Waals surface area contributed by atoms with Crippen LogP contribution in [0.2, 0.25) is 0 Å². The van der Waals surface area contributed by atoms with Crippen LogP contribution in [0.15, 0.2) is 23.3 Å². The molecule has 150 valence electrons. The van der Waals surface area contributed by atoms with Gasteiger partial charge in [-0.1, -0.05) is 0 Å². The topological polar surface area (TPSA) is 82.9 Å². The number of rotatable bonds is 6. The summed E-state index contributed by atoms with van der Waals surface area (Å²) < 4.78 is 45.5. The van der Waals surface area contributed by atoms with Crippen molar-refractivity contribution in [2.24, 2.45) is 5.10 Å². The van der Waals surface area contributed by atoms with Crippen LogP contribution in [0.5, 0.6) is 5.75 Å². The third-order valence-corrected chi connectivity index (χ3v) is 3.82. The molecule has 1 atom stereocenters. The minimum absolute atomic E-state index is 0.172. The fourth-order valence-electron chi connectivity index (χ4n) is 2.41. The molecule has 6 nitrogen and oxygen atoms in total. The van der Waals surface area contributed by atoms with Crippen molar-refractivity contribution in [2.75, 3.05) is 13.2 Å². The molecule has 0 bridgehead atoms. The van der Waals surface area contributed by atoms with Crippen LogP contribution in [-0.2, 0) is 11.0 Å². The lowest BCUT2D eigenvalue weighted by atomic mass is 10.0. The number of nitrogens with zero attached hydrogens (tertiary/aromatic N) is 1. The number of aliphatic hydroxyl groups excluding tert-OH is 1. The Hall–Kier alpha value is -2.13. The van der Waals surface area contributed by atoms with Gasteiger partial charge in [0.25, 0.3) is 0 Å². The summed E-state index contributed by atoms with van der Waals surface area (Å²) in [5.74, 6) is -0.630. The summed E-state index contributed by atoms with van der Waals surface area (Å²) in [5.41, 5.74) is 1.74. The summed E-state index contributed by atoms with van der Waals surface area (Å²) in [5, 5.41) is 16.8. The van der Waals surface area contributed by atoms with Gasteiger partial charge >= 0.3 is 6.18 Å². The van der Waals surface area contributed by atoms with Gasteiger partial charge in [-0.15, -0.1) is 0 Å². The molecule has 1 aliphatic heterocycles. The van der Waals surface area contributed by atoms with Crippen LogP contribution in [0, 0.1) is 0 Å². The second-order valence-corrected chi connectivity index (χ2v) is 7.40. The van der Waals surface area contributed by atoms with E-state index in [1.54, 1.807) is 0 Å². The number of ether oxygens (including phenoxy) is 1. The van der Waals surface area contributed by atoms with Gasteiger partial charge in [-0.3, -0.25) is 4.79 Å². The van der Waals surface area contributed by atoms with E-state index in [1.165, 1.54) is 12.1 Å². The van der Waals surface area contributed by atoms with Crippen molar-refractivity contribution < 1.29 is 27.8 Å². The number of benzene rings is 1. The Morgan fingerprint density at radius 1 is 1.30 bits per heavy atom. The van der Waals surface area contributed by atoms with Crippen molar-refractivity contribution in [2.45, 2.75) is 51.4 Å². The molecule has 0 spiro atoms. The summed E-state index contributed by atoms with van der Waals surface area (Å²) >= 11 is 0. The van der Waals surface area contributed by atoms with Crippen LogP contribution in [0.1, 0.15) is 44.7 Å². The fraction of sp³-hybridized carbons (Fsp3) is 0.556. The van der Waals surface area contributed by atoms with Gasteiger partial charge in [0, 0.05) is 24.9 Å². The lowest BCUT2D eigenvalue weighted by Crippen LogP contribution is -2.42. The number of alkyl halides is 3. The number of halogens is 3. The third-order valence-electron chi connectivity index (χ3n) is 3.82. The maximum absolute atomic E-state index is 13.4. The maximum Gasteiger partial charge on any atom is 0.419 e. The molecule has 1 aromatic carbocycles. The lowest BCUT2D eigenvalue weighted by Gasteiger charge is -2.23. The summed E-state index contributed by atoms with van der Waals surface area (Å²) in [6.45, 7) is 5.66. The normalized spacial score (nSPS) is 16.6. The third kappa shape index (κ3) is 6.51. The molecule has 0 aliphatic carbocycles. The first-order valence-electron chi connectivity index (χ1n) is 8.58. The largest absolute Gasteiger partial charge is 0.490 e. The highest BCUT2D eigenvalue weighted by atomic mass is 19.4. The molecule has 3 N–H and O–H groups in total. The van der Waals surface area contributed by atoms with E-state index in [0.29, 0.717) is 5.71 Å². The Bertz CT molecular complexity index is 712. The average molecular weight is 387 g/mol. The van der Waals surface area contributed by atoms with Crippen molar-refractivity contribution in [3.05, 3.63) is 29.3 Å². The van der Waals surface area contributed by atoms with Crippen molar-refractivity contribution in [3.63, 3.8) is 0 Å². The standard InChI is InChI=1S/C18H24F3N3O3/c1-17(2,3)22-9-12(25)10-27-15-6-4-11(8-13(15)18(19,20)21)14-5-7-16(26)24-23-14/h4,6,8,12,22,25H,5,7,9-10H2,1-3H3,(H,24,26). The number of β-amino-alcohol motifs (C(OH)–C–C–N with tert-alkyl or cyclic N) is 1. The molecule has 0 radical (unpaired) electrons. The number of amides is 1. The number of carbonyl (C=O) groups excluding carboxylic acids is 1. The molecular formula is C18H24F3N3O3. The van der Waals surface area contributed by atoms with E-state index < -0.39 is 17.8 Å². The predicted molar refractivity (Wildman–Crippen MR) is 94.6 cm³/mol. The molecule has 1 heterocycles. The van der Waals surface area contributed by atoms with Crippen LogP contribution in [0.25, 0.3) is 0 Å². The van der Waals surface area contributed by atoms with Crippen molar-refractivity contribution >= 4 is 11.6 Å². The quantitative estimate of drug-likeness (QED) is 0.700. The van der Waals surface area contributed by atoms with Gasteiger partial charge in [-0.2, -0.15) is 18.3 Å². The molecule has 1 unspecified atom stereocenters. The number of aliphatic hydroxyl groups is 1. The fourth-order valence-corrected chi connectivity index (χ4v) is 2.41. The second-order valence-electron chi connectivity index (χ2n) is 7.40. The van der Waals surface area contributed by atoms with Crippen molar-refractivity contribution in [1.29, 1.82) is 0 Å². The smallest absolute Gasteiger partial charge is 0.419 e. The molecule has 1 aliphatic rings. The summed E-state index contributed by atoms with van der Waals surface area (Å²) in [7, 11) is 0. The Kier molecular flexibility index (Phi) is 6.48. The second kappa shape index (κ2) is 8.26. The minimum atomic E-state index is -4.63. The zero-order valence-electron chi connectivity index (χ0n) is 15.5. The molecule has 2 rings (SSSR count). The Morgan fingerprint density at radius 2 is 2.00 bits per heavy atom.